The Labute approximate surface area is 117 Å². The summed E-state index contributed by atoms with van der Waals surface area (Å²) in [5, 5.41) is 2.86. The van der Waals surface area contributed by atoms with Gasteiger partial charge >= 0.3 is 0 Å². The van der Waals surface area contributed by atoms with Crippen LogP contribution in [0.2, 0.25) is 0 Å². The minimum atomic E-state index is -0.140. The number of amides is 1. The van der Waals surface area contributed by atoms with Crippen LogP contribution in [0.3, 0.4) is 0 Å². The molecule has 0 fully saturated rings. The summed E-state index contributed by atoms with van der Waals surface area (Å²) in [6.07, 6.45) is 4.11. The summed E-state index contributed by atoms with van der Waals surface area (Å²) < 4.78 is 0. The van der Waals surface area contributed by atoms with Crippen molar-refractivity contribution in [2.75, 3.05) is 13.1 Å². The number of aromatic nitrogens is 2. The Kier molecular flexibility index (Phi) is 4.93. The molecule has 0 saturated carbocycles. The zero-order valence-electron chi connectivity index (χ0n) is 11.0. The zero-order chi connectivity index (χ0) is 14.2. The molecule has 1 heterocycles. The number of nitrogens with two attached hydrogens (primary N) is 1. The predicted octanol–water partition coefficient (Wildman–Crippen LogP) is 0.692. The first-order valence-corrected chi connectivity index (χ1v) is 6.35. The minimum Gasteiger partial charge on any atom is -0.352 e. The molecule has 0 radical (unpaired) electrons. The second-order valence-corrected chi connectivity index (χ2v) is 4.09. The molecule has 0 bridgehead atoms. The number of nitrogens with one attached hydrogen (secondary N) is 2. The van der Waals surface area contributed by atoms with E-state index in [0.717, 1.165) is 5.82 Å². The van der Waals surface area contributed by atoms with Crippen LogP contribution in [-0.2, 0) is 6.42 Å². The highest BCUT2D eigenvalue weighted by Gasteiger charge is 2.08. The molecule has 2 rings (SSSR count). The van der Waals surface area contributed by atoms with Gasteiger partial charge < -0.3 is 16.0 Å². The van der Waals surface area contributed by atoms with Crippen molar-refractivity contribution in [3.8, 4) is 11.8 Å². The van der Waals surface area contributed by atoms with E-state index in [1.807, 2.05) is 18.2 Å². The minimum absolute atomic E-state index is 0.140. The zero-order valence-corrected chi connectivity index (χ0v) is 11.0. The van der Waals surface area contributed by atoms with E-state index in [9.17, 15) is 4.79 Å². The number of imidazole rings is 1. The third-order valence-electron chi connectivity index (χ3n) is 2.70. The lowest BCUT2D eigenvalue weighted by atomic mass is 10.1. The lowest BCUT2D eigenvalue weighted by Crippen LogP contribution is -2.26. The van der Waals surface area contributed by atoms with Crippen molar-refractivity contribution in [3.63, 3.8) is 0 Å². The van der Waals surface area contributed by atoms with E-state index in [1.165, 1.54) is 0 Å². The monoisotopic (exact) mass is 268 g/mol. The van der Waals surface area contributed by atoms with Crippen molar-refractivity contribution >= 4 is 5.91 Å². The molecule has 5 nitrogen and oxygen atoms in total. The second kappa shape index (κ2) is 7.12. The topological polar surface area (TPSA) is 83.8 Å². The summed E-state index contributed by atoms with van der Waals surface area (Å²) in [6.45, 7) is 0.791. The number of aromatic amines is 1. The van der Waals surface area contributed by atoms with Gasteiger partial charge in [-0.2, -0.15) is 0 Å². The largest absolute Gasteiger partial charge is 0.352 e. The molecule has 0 saturated heterocycles. The van der Waals surface area contributed by atoms with Crippen molar-refractivity contribution < 1.29 is 4.79 Å². The first kappa shape index (κ1) is 13.8. The van der Waals surface area contributed by atoms with Gasteiger partial charge in [0, 0.05) is 30.9 Å². The van der Waals surface area contributed by atoms with Crippen LogP contribution < -0.4 is 11.1 Å². The van der Waals surface area contributed by atoms with Gasteiger partial charge in [0.2, 0.25) is 0 Å². The van der Waals surface area contributed by atoms with E-state index in [0.29, 0.717) is 24.1 Å². The smallest absolute Gasteiger partial charge is 0.252 e. The van der Waals surface area contributed by atoms with Gasteiger partial charge in [0.15, 0.2) is 0 Å². The van der Waals surface area contributed by atoms with Crippen LogP contribution in [0.1, 0.15) is 21.7 Å². The van der Waals surface area contributed by atoms with Crippen molar-refractivity contribution in [2.45, 2.75) is 6.42 Å². The number of benzene rings is 1. The molecule has 0 aliphatic rings. The lowest BCUT2D eigenvalue weighted by molar-refractivity contribution is 0.0954. The van der Waals surface area contributed by atoms with Crippen LogP contribution >= 0.6 is 0 Å². The molecule has 0 atom stereocenters. The number of hydrogen-bond acceptors (Lipinski definition) is 3. The van der Waals surface area contributed by atoms with Gasteiger partial charge in [-0.15, -0.1) is 0 Å². The molecule has 1 aromatic heterocycles. The van der Waals surface area contributed by atoms with Gasteiger partial charge in [0.05, 0.1) is 12.1 Å². The fourth-order valence-corrected chi connectivity index (χ4v) is 1.76. The Morgan fingerprint density at radius 3 is 3.00 bits per heavy atom. The predicted molar refractivity (Wildman–Crippen MR) is 77.0 cm³/mol. The molecular weight excluding hydrogens is 252 g/mol. The highest BCUT2D eigenvalue weighted by molar-refractivity contribution is 5.96. The number of H-pyrrole nitrogens is 1. The summed E-state index contributed by atoms with van der Waals surface area (Å²) >= 11 is 0. The maximum atomic E-state index is 12.1. The molecule has 0 aliphatic carbocycles. The van der Waals surface area contributed by atoms with Crippen LogP contribution in [0, 0.1) is 11.8 Å². The number of hydrogen-bond donors (Lipinski definition) is 3. The molecule has 2 aromatic rings. The van der Waals surface area contributed by atoms with Crippen LogP contribution in [0.4, 0.5) is 0 Å². The average molecular weight is 268 g/mol. The summed E-state index contributed by atoms with van der Waals surface area (Å²) in [6, 6.07) is 7.22. The lowest BCUT2D eigenvalue weighted by Gasteiger charge is -2.06. The van der Waals surface area contributed by atoms with Gasteiger partial charge in [0.25, 0.3) is 5.91 Å². The van der Waals surface area contributed by atoms with Crippen LogP contribution in [0.5, 0.6) is 0 Å². The van der Waals surface area contributed by atoms with Gasteiger partial charge in [-0.25, -0.2) is 4.98 Å². The molecule has 0 spiro atoms. The molecule has 5 heteroatoms. The van der Waals surface area contributed by atoms with E-state index >= 15 is 0 Å². The first-order chi connectivity index (χ1) is 9.81. The molecule has 0 unspecified atom stereocenters. The summed E-state index contributed by atoms with van der Waals surface area (Å²) in [4.78, 5) is 19.2. The van der Waals surface area contributed by atoms with Crippen LogP contribution in [0.15, 0.2) is 36.7 Å². The van der Waals surface area contributed by atoms with E-state index in [1.54, 1.807) is 18.5 Å². The van der Waals surface area contributed by atoms with Gasteiger partial charge in [-0.3, -0.25) is 4.79 Å². The highest BCUT2D eigenvalue weighted by atomic mass is 16.1. The maximum absolute atomic E-state index is 12.1. The van der Waals surface area contributed by atoms with Crippen molar-refractivity contribution in [1.29, 1.82) is 0 Å². The normalized spacial score (nSPS) is 9.65. The number of carbonyl (C=O) groups is 1. The number of carbonyl (C=O) groups excluding carboxylic acids is 1. The summed E-state index contributed by atoms with van der Waals surface area (Å²) in [7, 11) is 0. The standard InChI is InChI=1S/C15H16N4O/c16-8-3-5-12-4-1-2-6-13(12)15(20)19-9-7-14-17-10-11-18-14/h1-2,4,6,10-11H,7-9,16H2,(H,17,18)(H,19,20). The van der Waals surface area contributed by atoms with Crippen LogP contribution in [-0.4, -0.2) is 29.0 Å². The Hall–Kier alpha value is -2.58. The molecule has 1 aromatic carbocycles. The Morgan fingerprint density at radius 1 is 1.40 bits per heavy atom. The Morgan fingerprint density at radius 2 is 2.25 bits per heavy atom. The van der Waals surface area contributed by atoms with Crippen LogP contribution in [0.25, 0.3) is 0 Å². The molecular formula is C15H16N4O. The van der Waals surface area contributed by atoms with E-state index < -0.39 is 0 Å². The Balaban J connectivity index is 1.98. The number of rotatable bonds is 4. The summed E-state index contributed by atoms with van der Waals surface area (Å²) in [5.41, 5.74) is 6.60. The third-order valence-corrected chi connectivity index (χ3v) is 2.70. The Bertz CT molecular complexity index is 623. The first-order valence-electron chi connectivity index (χ1n) is 6.35. The second-order valence-electron chi connectivity index (χ2n) is 4.09. The fraction of sp³-hybridized carbons (Fsp3) is 0.200. The highest BCUT2D eigenvalue weighted by Crippen LogP contribution is 2.07. The van der Waals surface area contributed by atoms with Gasteiger partial charge in [-0.05, 0) is 12.1 Å². The third kappa shape index (κ3) is 3.70. The SMILES string of the molecule is NCC#Cc1ccccc1C(=O)NCCc1ncc[nH]1. The van der Waals surface area contributed by atoms with E-state index in [2.05, 4.69) is 27.1 Å². The quantitative estimate of drug-likeness (QED) is 0.713. The average Bonchev–Trinajstić information content (AvgIpc) is 2.98. The van der Waals surface area contributed by atoms with E-state index in [4.69, 9.17) is 5.73 Å². The van der Waals surface area contributed by atoms with Crippen molar-refractivity contribution in [1.82, 2.24) is 15.3 Å². The summed E-state index contributed by atoms with van der Waals surface area (Å²) in [5.74, 6) is 6.37. The van der Waals surface area contributed by atoms with Gasteiger partial charge in [-0.1, -0.05) is 24.0 Å². The van der Waals surface area contributed by atoms with E-state index in [-0.39, 0.29) is 12.5 Å². The molecule has 0 aliphatic heterocycles. The molecule has 4 N–H and O–H groups in total. The fourth-order valence-electron chi connectivity index (χ4n) is 1.76. The molecule has 102 valence electrons. The maximum Gasteiger partial charge on any atom is 0.252 e. The number of nitrogens with zero attached hydrogens (tertiary/aromatic N) is 1. The van der Waals surface area contributed by atoms with Crippen molar-refractivity contribution in [2.24, 2.45) is 5.73 Å². The van der Waals surface area contributed by atoms with Crippen molar-refractivity contribution in [3.05, 3.63) is 53.6 Å². The van der Waals surface area contributed by atoms with Gasteiger partial charge in [0.1, 0.15) is 5.82 Å². The molecule has 20 heavy (non-hydrogen) atoms. The molecule has 1 amide bonds.